The Hall–Kier alpha value is -2.56. The summed E-state index contributed by atoms with van der Waals surface area (Å²) in [6.07, 6.45) is 2.53. The fourth-order valence-electron chi connectivity index (χ4n) is 2.23. The van der Waals surface area contributed by atoms with Gasteiger partial charge >= 0.3 is 0 Å². The van der Waals surface area contributed by atoms with E-state index in [1.807, 2.05) is 10.6 Å². The fraction of sp³-hybridized carbons (Fsp3) is 0.0769. The van der Waals surface area contributed by atoms with Crippen LogP contribution in [-0.4, -0.2) is 16.1 Å². The zero-order chi connectivity index (χ0) is 12.7. The quantitative estimate of drug-likeness (QED) is 0.393. The molecule has 0 bridgehead atoms. The van der Waals surface area contributed by atoms with Crippen molar-refractivity contribution >= 4 is 6.29 Å². The zero-order valence-electron chi connectivity index (χ0n) is 9.41. The third kappa shape index (κ3) is 1.48. The predicted molar refractivity (Wildman–Crippen MR) is 64.8 cm³/mol. The van der Waals surface area contributed by atoms with Gasteiger partial charge in [-0.3, -0.25) is 10.0 Å². The highest BCUT2D eigenvalue weighted by atomic mass is 16.8. The van der Waals surface area contributed by atoms with E-state index < -0.39 is 0 Å². The van der Waals surface area contributed by atoms with E-state index in [4.69, 9.17) is 5.21 Å². The second kappa shape index (κ2) is 3.73. The monoisotopic (exact) mass is 242 g/mol. The van der Waals surface area contributed by atoms with Gasteiger partial charge in [-0.15, -0.1) is 0 Å². The van der Waals surface area contributed by atoms with Crippen molar-refractivity contribution in [1.82, 2.24) is 9.47 Å². The Labute approximate surface area is 102 Å². The van der Waals surface area contributed by atoms with E-state index in [2.05, 4.69) is 0 Å². The second-order valence-corrected chi connectivity index (χ2v) is 4.21. The molecule has 2 aromatic rings. The van der Waals surface area contributed by atoms with Gasteiger partial charge in [0.1, 0.15) is 6.29 Å². The van der Waals surface area contributed by atoms with Crippen LogP contribution in [0.5, 0.6) is 0 Å². The molecule has 0 radical (unpaired) electrons. The SMILES string of the molecule is O=Cc1ccc2c(c1)-c1cc(=[N+]([O-])O)ccn1C2. The van der Waals surface area contributed by atoms with Gasteiger partial charge in [0.15, 0.2) is 0 Å². The molecule has 1 aromatic heterocycles. The summed E-state index contributed by atoms with van der Waals surface area (Å²) >= 11 is 0. The molecule has 90 valence electrons. The molecule has 0 aliphatic carbocycles. The number of rotatable bonds is 1. The second-order valence-electron chi connectivity index (χ2n) is 4.21. The Morgan fingerprint density at radius 1 is 1.33 bits per heavy atom. The lowest BCUT2D eigenvalue weighted by molar-refractivity contribution is 0.112. The van der Waals surface area contributed by atoms with Crippen LogP contribution in [0, 0.1) is 5.21 Å². The lowest BCUT2D eigenvalue weighted by Gasteiger charge is -2.01. The number of pyridine rings is 1. The summed E-state index contributed by atoms with van der Waals surface area (Å²) < 4.78 is 1.96. The van der Waals surface area contributed by atoms with Crippen molar-refractivity contribution in [2.75, 3.05) is 0 Å². The maximum atomic E-state index is 10.9. The van der Waals surface area contributed by atoms with Crippen LogP contribution in [0.4, 0.5) is 0 Å². The van der Waals surface area contributed by atoms with Crippen LogP contribution in [0.15, 0.2) is 36.5 Å². The van der Waals surface area contributed by atoms with Gasteiger partial charge in [-0.25, -0.2) is 0 Å². The highest BCUT2D eigenvalue weighted by molar-refractivity contribution is 5.80. The van der Waals surface area contributed by atoms with E-state index >= 15 is 0 Å². The van der Waals surface area contributed by atoms with Gasteiger partial charge < -0.3 is 9.77 Å². The van der Waals surface area contributed by atoms with Crippen LogP contribution < -0.4 is 10.3 Å². The summed E-state index contributed by atoms with van der Waals surface area (Å²) in [5.74, 6) is 0. The van der Waals surface area contributed by atoms with Crippen LogP contribution in [-0.2, 0) is 6.54 Å². The zero-order valence-corrected chi connectivity index (χ0v) is 9.41. The third-order valence-electron chi connectivity index (χ3n) is 3.13. The summed E-state index contributed by atoms with van der Waals surface area (Å²) in [5.41, 5.74) is 3.42. The van der Waals surface area contributed by atoms with Crippen LogP contribution in [0.1, 0.15) is 15.9 Å². The molecule has 0 amide bonds. The molecule has 3 rings (SSSR count). The molecule has 1 N–H and O–H groups in total. The topological polar surface area (TPSA) is 68.3 Å². The molecular weight excluding hydrogens is 232 g/mol. The Kier molecular flexibility index (Phi) is 2.19. The van der Waals surface area contributed by atoms with Crippen LogP contribution in [0.3, 0.4) is 0 Å². The molecule has 0 atom stereocenters. The molecular formula is C13H10N2O3. The van der Waals surface area contributed by atoms with Gasteiger partial charge in [0.05, 0.1) is 5.69 Å². The van der Waals surface area contributed by atoms with E-state index in [-0.39, 0.29) is 10.3 Å². The molecule has 1 aliphatic heterocycles. The van der Waals surface area contributed by atoms with Gasteiger partial charge in [-0.2, -0.15) is 0 Å². The molecule has 0 unspecified atom stereocenters. The molecule has 5 nitrogen and oxygen atoms in total. The Bertz CT molecular complexity index is 712. The molecule has 5 heteroatoms. The normalized spacial score (nSPS) is 13.8. The molecule has 0 spiro atoms. The van der Waals surface area contributed by atoms with Gasteiger partial charge in [-0.1, -0.05) is 12.1 Å². The van der Waals surface area contributed by atoms with Crippen molar-refractivity contribution < 1.29 is 10.0 Å². The van der Waals surface area contributed by atoms with Crippen LogP contribution in [0.25, 0.3) is 11.3 Å². The first-order valence-electron chi connectivity index (χ1n) is 5.47. The van der Waals surface area contributed by atoms with Crippen LogP contribution >= 0.6 is 0 Å². The van der Waals surface area contributed by atoms with Crippen molar-refractivity contribution in [3.8, 4) is 11.3 Å². The molecule has 1 aromatic carbocycles. The number of aromatic nitrogens is 1. The van der Waals surface area contributed by atoms with Gasteiger partial charge in [0.2, 0.25) is 0 Å². The standard InChI is InChI=1S/C13H10N2O3/c16-8-9-1-2-10-7-14-4-3-11(15(17)18)6-13(14)12(10)5-9/h1-6,8H,7H2,(H,17,18). The highest BCUT2D eigenvalue weighted by Gasteiger charge is 2.18. The van der Waals surface area contributed by atoms with Crippen molar-refractivity contribution in [3.63, 3.8) is 0 Å². The maximum Gasteiger partial charge on any atom is 0.271 e. The lowest BCUT2D eigenvalue weighted by Crippen LogP contribution is -2.21. The number of hydrogen-bond acceptors (Lipinski definition) is 3. The molecule has 2 heterocycles. The van der Waals surface area contributed by atoms with Crippen molar-refractivity contribution in [2.24, 2.45) is 0 Å². The Morgan fingerprint density at radius 3 is 2.89 bits per heavy atom. The highest BCUT2D eigenvalue weighted by Crippen LogP contribution is 2.30. The summed E-state index contributed by atoms with van der Waals surface area (Å²) in [6.45, 7) is 0.703. The summed E-state index contributed by atoms with van der Waals surface area (Å²) in [6, 6.07) is 8.61. The van der Waals surface area contributed by atoms with Gasteiger partial charge in [-0.05, 0) is 11.6 Å². The number of benzene rings is 1. The first-order chi connectivity index (χ1) is 8.69. The Balaban J connectivity index is 2.28. The fourth-order valence-corrected chi connectivity index (χ4v) is 2.23. The predicted octanol–water partition coefficient (Wildman–Crippen LogP) is 0.988. The Morgan fingerprint density at radius 2 is 2.17 bits per heavy atom. The number of fused-ring (bicyclic) bond motifs is 3. The smallest absolute Gasteiger partial charge is 0.271 e. The summed E-state index contributed by atoms with van der Waals surface area (Å²) in [5, 5.41) is 20.0. The molecule has 18 heavy (non-hydrogen) atoms. The van der Waals surface area contributed by atoms with E-state index in [0.29, 0.717) is 12.1 Å². The van der Waals surface area contributed by atoms with E-state index in [0.717, 1.165) is 23.1 Å². The third-order valence-corrected chi connectivity index (χ3v) is 3.13. The minimum Gasteiger partial charge on any atom is -0.417 e. The largest absolute Gasteiger partial charge is 0.417 e. The maximum absolute atomic E-state index is 10.9. The van der Waals surface area contributed by atoms with E-state index in [1.165, 1.54) is 0 Å². The van der Waals surface area contributed by atoms with Gasteiger partial charge in [0.25, 0.3) is 5.36 Å². The lowest BCUT2D eigenvalue weighted by atomic mass is 10.0. The summed E-state index contributed by atoms with van der Waals surface area (Å²) in [7, 11) is 0. The first-order valence-corrected chi connectivity index (χ1v) is 5.47. The minimum atomic E-state index is -0.164. The number of nitrogens with zero attached hydrogens (tertiary/aromatic N) is 2. The van der Waals surface area contributed by atoms with Gasteiger partial charge in [0, 0.05) is 40.9 Å². The molecule has 0 fully saturated rings. The minimum absolute atomic E-state index is 0.164. The van der Waals surface area contributed by atoms with Crippen molar-refractivity contribution in [2.45, 2.75) is 6.54 Å². The number of hydrogen-bond donors (Lipinski definition) is 1. The van der Waals surface area contributed by atoms with Crippen LogP contribution in [0.2, 0.25) is 0 Å². The van der Waals surface area contributed by atoms with Crippen molar-refractivity contribution in [3.05, 3.63) is 58.2 Å². The van der Waals surface area contributed by atoms with E-state index in [1.54, 1.807) is 30.5 Å². The first kappa shape index (κ1) is 10.6. The average molecular weight is 242 g/mol. The number of carbonyl (C=O) groups excluding carboxylic acids is 1. The number of aldehydes is 1. The molecule has 0 saturated heterocycles. The summed E-state index contributed by atoms with van der Waals surface area (Å²) in [4.78, 5) is 10.6. The van der Waals surface area contributed by atoms with E-state index in [9.17, 15) is 10.0 Å². The van der Waals surface area contributed by atoms with Crippen molar-refractivity contribution in [1.29, 1.82) is 0 Å². The number of carbonyl (C=O) groups is 1. The molecule has 0 saturated carbocycles. The average Bonchev–Trinajstić information content (AvgIpc) is 2.75. The molecule has 1 aliphatic rings.